The van der Waals surface area contributed by atoms with Crippen LogP contribution in [0.15, 0.2) is 34.6 Å². The average Bonchev–Trinajstić information content (AvgIpc) is 3.42. The van der Waals surface area contributed by atoms with Crippen molar-refractivity contribution in [1.82, 2.24) is 15.5 Å². The van der Waals surface area contributed by atoms with Crippen LogP contribution in [0.4, 0.5) is 8.78 Å². The van der Waals surface area contributed by atoms with Gasteiger partial charge in [0.25, 0.3) is 5.91 Å². The van der Waals surface area contributed by atoms with Gasteiger partial charge in [0.05, 0.1) is 11.4 Å². The summed E-state index contributed by atoms with van der Waals surface area (Å²) >= 11 is 7.45. The first-order valence-electron chi connectivity index (χ1n) is 10.8. The molecule has 200 valence electrons. The topological polar surface area (TPSA) is 159 Å². The van der Waals surface area contributed by atoms with Crippen LogP contribution in [0.5, 0.6) is 0 Å². The molecule has 3 rings (SSSR count). The number of carbonyl (C=O) groups excluding carboxylic acids is 4. The summed E-state index contributed by atoms with van der Waals surface area (Å²) < 4.78 is 26.9. The summed E-state index contributed by atoms with van der Waals surface area (Å²) in [5.74, 6) is -6.07. The average molecular weight is 583 g/mol. The van der Waals surface area contributed by atoms with Crippen molar-refractivity contribution in [3.05, 3.63) is 51.1 Å². The Balaban J connectivity index is 1.56. The lowest BCUT2D eigenvalue weighted by Gasteiger charge is -2.16. The second-order valence-electron chi connectivity index (χ2n) is 7.87. The Labute approximate surface area is 228 Å². The zero-order chi connectivity index (χ0) is 28.0. The molecule has 1 aliphatic rings. The van der Waals surface area contributed by atoms with E-state index in [1.54, 1.807) is 17.5 Å². The maximum Gasteiger partial charge on any atom is 0.326 e. The van der Waals surface area contributed by atoms with Crippen molar-refractivity contribution in [3.8, 4) is 11.1 Å². The van der Waals surface area contributed by atoms with E-state index in [9.17, 15) is 32.8 Å². The van der Waals surface area contributed by atoms with Crippen molar-refractivity contribution in [2.24, 2.45) is 5.73 Å². The molecule has 0 saturated carbocycles. The van der Waals surface area contributed by atoms with Crippen LogP contribution >= 0.6 is 35.3 Å². The summed E-state index contributed by atoms with van der Waals surface area (Å²) in [6.07, 6.45) is 1.11. The lowest BCUT2D eigenvalue weighted by Crippen LogP contribution is -2.47. The maximum atomic E-state index is 13.5. The number of nitrogens with zero attached hydrogens (tertiary/aromatic N) is 1. The molecule has 0 spiro atoms. The third kappa shape index (κ3) is 7.66. The molecule has 10 nitrogen and oxygen atoms in total. The number of hydrogen-bond acceptors (Lipinski definition) is 8. The van der Waals surface area contributed by atoms with Crippen molar-refractivity contribution >= 4 is 75.3 Å². The molecule has 2 heterocycles. The predicted molar refractivity (Wildman–Crippen MR) is 141 cm³/mol. The monoisotopic (exact) mass is 582 g/mol. The summed E-state index contributed by atoms with van der Waals surface area (Å²) in [6.45, 7) is -1.03. The van der Waals surface area contributed by atoms with E-state index in [2.05, 4.69) is 10.6 Å². The summed E-state index contributed by atoms with van der Waals surface area (Å²) in [7, 11) is 0. The van der Waals surface area contributed by atoms with Gasteiger partial charge >= 0.3 is 5.97 Å². The molecule has 1 atom stereocenters. The van der Waals surface area contributed by atoms with E-state index in [-0.39, 0.29) is 22.1 Å². The number of thioether (sulfide) groups is 1. The molecule has 1 aliphatic heterocycles. The number of thiocarbonyl (C=S) groups is 1. The first-order chi connectivity index (χ1) is 17.9. The Morgan fingerprint density at radius 3 is 2.53 bits per heavy atom. The van der Waals surface area contributed by atoms with Crippen LogP contribution in [0.2, 0.25) is 0 Å². The Bertz CT molecular complexity index is 1350. The van der Waals surface area contributed by atoms with E-state index in [1.165, 1.54) is 17.4 Å². The van der Waals surface area contributed by atoms with Crippen molar-refractivity contribution in [2.75, 3.05) is 13.1 Å². The molecule has 4 amide bonds. The van der Waals surface area contributed by atoms with Crippen LogP contribution in [0, 0.1) is 11.6 Å². The molecule has 1 aromatic heterocycles. The normalized spacial score (nSPS) is 15.0. The minimum Gasteiger partial charge on any atom is -0.480 e. The van der Waals surface area contributed by atoms with E-state index in [0.29, 0.717) is 16.0 Å². The fourth-order valence-corrected chi connectivity index (χ4v) is 5.36. The molecular weight excluding hydrogens is 562 g/mol. The molecule has 15 heteroatoms. The van der Waals surface area contributed by atoms with Crippen LogP contribution < -0.4 is 16.4 Å². The van der Waals surface area contributed by atoms with Gasteiger partial charge in [-0.25, -0.2) is 13.6 Å². The second kappa shape index (κ2) is 12.7. The number of rotatable bonds is 11. The Kier molecular flexibility index (Phi) is 9.66. The largest absolute Gasteiger partial charge is 0.480 e. The number of amides is 4. The minimum absolute atomic E-state index is 0.121. The van der Waals surface area contributed by atoms with E-state index < -0.39 is 60.4 Å². The molecule has 1 saturated heterocycles. The molecule has 0 aliphatic carbocycles. The van der Waals surface area contributed by atoms with Crippen LogP contribution in [0.25, 0.3) is 17.2 Å². The van der Waals surface area contributed by atoms with Crippen LogP contribution in [-0.4, -0.2) is 63.1 Å². The van der Waals surface area contributed by atoms with Crippen molar-refractivity contribution in [2.45, 2.75) is 18.9 Å². The van der Waals surface area contributed by atoms with Gasteiger partial charge in [-0.3, -0.25) is 24.1 Å². The number of thiophene rings is 1. The van der Waals surface area contributed by atoms with E-state index >= 15 is 0 Å². The summed E-state index contributed by atoms with van der Waals surface area (Å²) in [4.78, 5) is 61.1. The third-order valence-corrected chi connectivity index (χ3v) is 7.34. The number of primary amides is 1. The summed E-state index contributed by atoms with van der Waals surface area (Å²) in [6, 6.07) is 3.87. The van der Waals surface area contributed by atoms with Gasteiger partial charge in [-0.05, 0) is 47.2 Å². The van der Waals surface area contributed by atoms with Crippen LogP contribution in [-0.2, 0) is 24.0 Å². The fraction of sp³-hybridized carbons (Fsp3) is 0.217. The summed E-state index contributed by atoms with van der Waals surface area (Å²) in [5.41, 5.74) is 6.09. The number of nitrogens with two attached hydrogens (primary N) is 1. The SMILES string of the molecule is NC(=O)CC[C@H](NC(=O)CNC(=O)CN1C(=O)/C(=C/c2cc(-c3ccc(F)c(F)c3)cs2)SC1=S)C(=O)O. The lowest BCUT2D eigenvalue weighted by atomic mass is 10.1. The van der Waals surface area contributed by atoms with Gasteiger partial charge in [0, 0.05) is 11.3 Å². The molecule has 5 N–H and O–H groups in total. The number of aliphatic carboxylic acids is 1. The quantitative estimate of drug-likeness (QED) is 0.231. The number of carboxylic acids is 1. The third-order valence-electron chi connectivity index (χ3n) is 5.08. The van der Waals surface area contributed by atoms with Crippen LogP contribution in [0.1, 0.15) is 17.7 Å². The first-order valence-corrected chi connectivity index (χ1v) is 12.9. The number of nitrogens with one attached hydrogen (secondary N) is 2. The van der Waals surface area contributed by atoms with Crippen molar-refractivity contribution in [3.63, 3.8) is 0 Å². The first kappa shape index (κ1) is 28.9. The van der Waals surface area contributed by atoms with Gasteiger partial charge in [-0.1, -0.05) is 30.0 Å². The lowest BCUT2D eigenvalue weighted by molar-refractivity contribution is -0.142. The second-order valence-corrected chi connectivity index (χ2v) is 10.5. The van der Waals surface area contributed by atoms with Crippen LogP contribution in [0.3, 0.4) is 0 Å². The Morgan fingerprint density at radius 1 is 1.13 bits per heavy atom. The molecule has 0 bridgehead atoms. The number of benzene rings is 1. The molecule has 0 radical (unpaired) electrons. The van der Waals surface area contributed by atoms with E-state index in [4.69, 9.17) is 23.1 Å². The standard InChI is InChI=1S/C23H20F2N4O6S3/c24-14-2-1-11(6-15(14)25)12-5-13(37-10-12)7-17-21(33)29(23(36)38-17)9-20(32)27-8-19(31)28-16(22(34)35)3-4-18(26)30/h1-2,5-7,10,16H,3-4,8-9H2,(H2,26,30)(H,27,32)(H,28,31)(H,34,35)/b17-7-/t16-/m0/s1. The molecule has 1 fully saturated rings. The minimum atomic E-state index is -1.36. The predicted octanol–water partition coefficient (Wildman–Crippen LogP) is 1.85. The molecule has 2 aromatic rings. The molecule has 0 unspecified atom stereocenters. The molecular formula is C23H20F2N4O6S3. The van der Waals surface area contributed by atoms with Gasteiger partial charge in [-0.15, -0.1) is 11.3 Å². The Hall–Kier alpha value is -3.69. The highest BCUT2D eigenvalue weighted by Gasteiger charge is 2.33. The Morgan fingerprint density at radius 2 is 1.87 bits per heavy atom. The van der Waals surface area contributed by atoms with Gasteiger partial charge < -0.3 is 21.5 Å². The highest BCUT2D eigenvalue weighted by Crippen LogP contribution is 2.35. The van der Waals surface area contributed by atoms with Crippen molar-refractivity contribution < 1.29 is 37.9 Å². The summed E-state index contributed by atoms with van der Waals surface area (Å²) in [5, 5.41) is 15.3. The highest BCUT2D eigenvalue weighted by atomic mass is 32.2. The van der Waals surface area contributed by atoms with Gasteiger partial charge in [0.2, 0.25) is 17.7 Å². The highest BCUT2D eigenvalue weighted by molar-refractivity contribution is 8.26. The van der Waals surface area contributed by atoms with E-state index in [0.717, 1.165) is 28.8 Å². The number of carbonyl (C=O) groups is 5. The number of hydrogen-bond donors (Lipinski definition) is 4. The molecule has 1 aromatic carbocycles. The van der Waals surface area contributed by atoms with E-state index in [1.807, 2.05) is 0 Å². The van der Waals surface area contributed by atoms with Gasteiger partial charge in [0.1, 0.15) is 16.9 Å². The number of halogens is 2. The molecule has 38 heavy (non-hydrogen) atoms. The number of carboxylic acid groups (broad SMARTS) is 1. The smallest absolute Gasteiger partial charge is 0.326 e. The zero-order valence-electron chi connectivity index (χ0n) is 19.4. The van der Waals surface area contributed by atoms with Crippen molar-refractivity contribution in [1.29, 1.82) is 0 Å². The van der Waals surface area contributed by atoms with Gasteiger partial charge in [0.15, 0.2) is 11.6 Å². The fourth-order valence-electron chi connectivity index (χ4n) is 3.19. The zero-order valence-corrected chi connectivity index (χ0v) is 21.8. The van der Waals surface area contributed by atoms with Gasteiger partial charge in [-0.2, -0.15) is 0 Å². The maximum absolute atomic E-state index is 13.5.